The van der Waals surface area contributed by atoms with Gasteiger partial charge in [-0.1, -0.05) is 22.0 Å². The molecule has 1 aliphatic carbocycles. The molecule has 78 valence electrons. The normalized spacial score (nSPS) is 16.1. The molecule has 2 N–H and O–H groups in total. The second-order valence-corrected chi connectivity index (χ2v) is 4.99. The van der Waals surface area contributed by atoms with Gasteiger partial charge in [0.1, 0.15) is 0 Å². The summed E-state index contributed by atoms with van der Waals surface area (Å²) in [5.41, 5.74) is 2.56. The van der Waals surface area contributed by atoms with Gasteiger partial charge >= 0.3 is 0 Å². The lowest BCUT2D eigenvalue weighted by Gasteiger charge is -2.02. The van der Waals surface area contributed by atoms with E-state index in [9.17, 15) is 0 Å². The van der Waals surface area contributed by atoms with E-state index in [1.807, 2.05) is 0 Å². The van der Waals surface area contributed by atoms with Crippen LogP contribution in [0.2, 0.25) is 0 Å². The zero-order chi connectivity index (χ0) is 10.3. The Bertz CT molecular complexity index is 485. The average molecular weight is 265 g/mol. The van der Waals surface area contributed by atoms with Crippen molar-refractivity contribution in [2.24, 2.45) is 0 Å². The molecule has 2 aromatic rings. The first-order valence-corrected chi connectivity index (χ1v) is 6.12. The van der Waals surface area contributed by atoms with Gasteiger partial charge in [-0.2, -0.15) is 0 Å². The smallest absolute Gasteiger partial charge is 0.0468 e. The lowest BCUT2D eigenvalue weighted by molar-refractivity contribution is 0.691. The molecule has 15 heavy (non-hydrogen) atoms. The first-order valence-electron chi connectivity index (χ1n) is 5.32. The Hall–Kier alpha value is -0.800. The lowest BCUT2D eigenvalue weighted by atomic mass is 10.2. The molecule has 1 fully saturated rings. The summed E-state index contributed by atoms with van der Waals surface area (Å²) in [7, 11) is 0. The van der Waals surface area contributed by atoms with Crippen molar-refractivity contribution in [3.8, 4) is 0 Å². The van der Waals surface area contributed by atoms with Crippen LogP contribution in [0.15, 0.2) is 28.9 Å². The van der Waals surface area contributed by atoms with Gasteiger partial charge in [-0.3, -0.25) is 0 Å². The first kappa shape index (κ1) is 9.43. The third-order valence-electron chi connectivity index (χ3n) is 2.90. The minimum absolute atomic E-state index is 0.762. The molecule has 2 nitrogen and oxygen atoms in total. The van der Waals surface area contributed by atoms with Crippen LogP contribution < -0.4 is 5.32 Å². The molecule has 0 bridgehead atoms. The number of hydrogen-bond acceptors (Lipinski definition) is 1. The highest BCUT2D eigenvalue weighted by Gasteiger charge is 2.20. The summed E-state index contributed by atoms with van der Waals surface area (Å²) in [5.74, 6) is 0. The Labute approximate surface area is 97.2 Å². The topological polar surface area (TPSA) is 27.8 Å². The molecule has 1 aromatic carbocycles. The maximum absolute atomic E-state index is 3.60. The summed E-state index contributed by atoms with van der Waals surface area (Å²) in [6.07, 6.45) is 4.78. The van der Waals surface area contributed by atoms with Gasteiger partial charge in [0.25, 0.3) is 0 Å². The SMILES string of the molecule is Brc1cccc2[nH]cc(CNC3CC3)c12. The summed E-state index contributed by atoms with van der Waals surface area (Å²) < 4.78 is 1.17. The molecule has 0 spiro atoms. The second-order valence-electron chi connectivity index (χ2n) is 4.13. The molecule has 0 saturated heterocycles. The second kappa shape index (κ2) is 3.65. The molecule has 3 heteroatoms. The fourth-order valence-electron chi connectivity index (χ4n) is 1.89. The average Bonchev–Trinajstić information content (AvgIpc) is 2.96. The Kier molecular flexibility index (Phi) is 2.29. The predicted molar refractivity (Wildman–Crippen MR) is 65.9 cm³/mol. The maximum Gasteiger partial charge on any atom is 0.0468 e. The van der Waals surface area contributed by atoms with Crippen LogP contribution in [0.5, 0.6) is 0 Å². The largest absolute Gasteiger partial charge is 0.361 e. The van der Waals surface area contributed by atoms with Crippen LogP contribution in [0.25, 0.3) is 10.9 Å². The number of fused-ring (bicyclic) bond motifs is 1. The van der Waals surface area contributed by atoms with Crippen LogP contribution in [-0.2, 0) is 6.54 Å². The highest BCUT2D eigenvalue weighted by molar-refractivity contribution is 9.10. The van der Waals surface area contributed by atoms with Crippen LogP contribution in [0.3, 0.4) is 0 Å². The fourth-order valence-corrected chi connectivity index (χ4v) is 2.51. The zero-order valence-electron chi connectivity index (χ0n) is 8.39. The van der Waals surface area contributed by atoms with E-state index in [0.717, 1.165) is 12.6 Å². The van der Waals surface area contributed by atoms with Crippen molar-refractivity contribution < 1.29 is 0 Å². The van der Waals surface area contributed by atoms with Crippen LogP contribution in [0.1, 0.15) is 18.4 Å². The van der Waals surface area contributed by atoms with Crippen molar-refractivity contribution in [1.82, 2.24) is 10.3 Å². The Morgan fingerprint density at radius 2 is 2.27 bits per heavy atom. The minimum Gasteiger partial charge on any atom is -0.361 e. The monoisotopic (exact) mass is 264 g/mol. The Balaban J connectivity index is 1.94. The molecule has 3 rings (SSSR count). The third kappa shape index (κ3) is 1.82. The molecular formula is C12H13BrN2. The highest BCUT2D eigenvalue weighted by atomic mass is 79.9. The third-order valence-corrected chi connectivity index (χ3v) is 3.56. The molecular weight excluding hydrogens is 252 g/mol. The molecule has 0 unspecified atom stereocenters. The molecule has 1 aromatic heterocycles. The molecule has 0 aliphatic heterocycles. The van der Waals surface area contributed by atoms with Crippen LogP contribution in [-0.4, -0.2) is 11.0 Å². The maximum atomic E-state index is 3.60. The number of halogens is 1. The van der Waals surface area contributed by atoms with E-state index in [1.54, 1.807) is 0 Å². The van der Waals surface area contributed by atoms with E-state index < -0.39 is 0 Å². The van der Waals surface area contributed by atoms with Gasteiger partial charge in [-0.05, 0) is 30.5 Å². The van der Waals surface area contributed by atoms with Crippen molar-refractivity contribution in [3.63, 3.8) is 0 Å². The summed E-state index contributed by atoms with van der Waals surface area (Å²) in [6.45, 7) is 0.966. The van der Waals surface area contributed by atoms with Gasteiger partial charge in [0.2, 0.25) is 0 Å². The first-order chi connectivity index (χ1) is 7.34. The fraction of sp³-hybridized carbons (Fsp3) is 0.333. The van der Waals surface area contributed by atoms with E-state index >= 15 is 0 Å². The summed E-state index contributed by atoms with van der Waals surface area (Å²) >= 11 is 3.60. The van der Waals surface area contributed by atoms with Crippen LogP contribution >= 0.6 is 15.9 Å². The van der Waals surface area contributed by atoms with E-state index in [2.05, 4.69) is 50.6 Å². The van der Waals surface area contributed by atoms with Gasteiger partial charge in [0, 0.05) is 34.2 Å². The zero-order valence-corrected chi connectivity index (χ0v) is 9.97. The van der Waals surface area contributed by atoms with E-state index in [4.69, 9.17) is 0 Å². The van der Waals surface area contributed by atoms with Crippen LogP contribution in [0, 0.1) is 0 Å². The van der Waals surface area contributed by atoms with E-state index in [-0.39, 0.29) is 0 Å². The quantitative estimate of drug-likeness (QED) is 0.876. The van der Waals surface area contributed by atoms with Crippen LogP contribution in [0.4, 0.5) is 0 Å². The summed E-state index contributed by atoms with van der Waals surface area (Å²) in [5, 5.41) is 4.85. The van der Waals surface area contributed by atoms with Crippen molar-refractivity contribution in [2.75, 3.05) is 0 Å². The minimum atomic E-state index is 0.762. The number of benzene rings is 1. The van der Waals surface area contributed by atoms with Crippen molar-refractivity contribution in [1.29, 1.82) is 0 Å². The Morgan fingerprint density at radius 1 is 1.40 bits per heavy atom. The number of rotatable bonds is 3. The molecule has 0 atom stereocenters. The molecule has 1 saturated carbocycles. The number of nitrogens with one attached hydrogen (secondary N) is 2. The van der Waals surface area contributed by atoms with E-state index in [1.165, 1.54) is 33.8 Å². The van der Waals surface area contributed by atoms with Gasteiger partial charge in [0.05, 0.1) is 0 Å². The van der Waals surface area contributed by atoms with Crippen molar-refractivity contribution in [2.45, 2.75) is 25.4 Å². The predicted octanol–water partition coefficient (Wildman–Crippen LogP) is 3.18. The summed E-state index contributed by atoms with van der Waals surface area (Å²) in [6, 6.07) is 7.02. The lowest BCUT2D eigenvalue weighted by Crippen LogP contribution is -2.14. The molecule has 0 radical (unpaired) electrons. The van der Waals surface area contributed by atoms with Crippen molar-refractivity contribution in [3.05, 3.63) is 34.4 Å². The number of hydrogen-bond donors (Lipinski definition) is 2. The number of aromatic amines is 1. The Morgan fingerprint density at radius 3 is 3.07 bits per heavy atom. The highest BCUT2D eigenvalue weighted by Crippen LogP contribution is 2.27. The summed E-state index contributed by atoms with van der Waals surface area (Å²) in [4.78, 5) is 3.30. The molecule has 1 heterocycles. The molecule has 1 aliphatic rings. The van der Waals surface area contributed by atoms with Gasteiger partial charge in [-0.15, -0.1) is 0 Å². The number of aromatic nitrogens is 1. The standard InChI is InChI=1S/C12H13BrN2/c13-10-2-1-3-11-12(10)8(7-15-11)6-14-9-4-5-9/h1-3,7,9,14-15H,4-6H2. The van der Waals surface area contributed by atoms with Gasteiger partial charge < -0.3 is 10.3 Å². The van der Waals surface area contributed by atoms with E-state index in [0.29, 0.717) is 0 Å². The van der Waals surface area contributed by atoms with Crippen molar-refractivity contribution >= 4 is 26.8 Å². The van der Waals surface area contributed by atoms with Gasteiger partial charge in [0.15, 0.2) is 0 Å². The van der Waals surface area contributed by atoms with Gasteiger partial charge in [-0.25, -0.2) is 0 Å². The number of H-pyrrole nitrogens is 1. The molecule has 0 amide bonds.